The molecule has 0 aliphatic carbocycles. The maximum absolute atomic E-state index is 11.8. The highest BCUT2D eigenvalue weighted by Crippen LogP contribution is 2.06. The molecule has 94 valence electrons. The van der Waals surface area contributed by atoms with Gasteiger partial charge < -0.3 is 15.3 Å². The Morgan fingerprint density at radius 2 is 2.39 bits per heavy atom. The molecular weight excluding hydrogens is 236 g/mol. The van der Waals surface area contributed by atoms with E-state index in [9.17, 15) is 4.79 Å². The normalized spacial score (nSPS) is 10.1. The molecular formula is C10H12N6O2. The van der Waals surface area contributed by atoms with Crippen molar-refractivity contribution in [1.82, 2.24) is 20.4 Å². The summed E-state index contributed by atoms with van der Waals surface area (Å²) >= 11 is 0. The van der Waals surface area contributed by atoms with Gasteiger partial charge in [-0.1, -0.05) is 5.16 Å². The van der Waals surface area contributed by atoms with Crippen LogP contribution in [0.25, 0.3) is 0 Å². The largest absolute Gasteiger partial charge is 0.342 e. The number of aryl methyl sites for hydroxylation is 1. The minimum absolute atomic E-state index is 0.154. The third kappa shape index (κ3) is 2.80. The number of pyridine rings is 1. The van der Waals surface area contributed by atoms with Crippen molar-refractivity contribution < 1.29 is 9.32 Å². The van der Waals surface area contributed by atoms with Crippen LogP contribution in [-0.2, 0) is 6.54 Å². The van der Waals surface area contributed by atoms with E-state index in [0.717, 1.165) is 0 Å². The van der Waals surface area contributed by atoms with Crippen molar-refractivity contribution in [3.63, 3.8) is 0 Å². The molecule has 0 saturated heterocycles. The van der Waals surface area contributed by atoms with E-state index < -0.39 is 0 Å². The third-order valence-electron chi connectivity index (χ3n) is 2.13. The topological polar surface area (TPSA) is 119 Å². The summed E-state index contributed by atoms with van der Waals surface area (Å²) in [5, 5.41) is 6.23. The molecule has 2 aromatic rings. The molecule has 0 saturated carbocycles. The van der Waals surface area contributed by atoms with E-state index in [1.165, 1.54) is 12.3 Å². The summed E-state index contributed by atoms with van der Waals surface area (Å²) in [6.07, 6.45) is 1.49. The van der Waals surface area contributed by atoms with Crippen LogP contribution in [0, 0.1) is 6.92 Å². The number of rotatable bonds is 4. The Morgan fingerprint density at radius 3 is 3.06 bits per heavy atom. The van der Waals surface area contributed by atoms with Crippen LogP contribution in [0.3, 0.4) is 0 Å². The molecule has 0 unspecified atom stereocenters. The Labute approximate surface area is 103 Å². The Morgan fingerprint density at radius 1 is 1.56 bits per heavy atom. The van der Waals surface area contributed by atoms with Gasteiger partial charge in [-0.15, -0.1) is 0 Å². The van der Waals surface area contributed by atoms with E-state index >= 15 is 0 Å². The summed E-state index contributed by atoms with van der Waals surface area (Å²) in [5.41, 5.74) is 3.29. The summed E-state index contributed by atoms with van der Waals surface area (Å²) in [7, 11) is 0. The lowest BCUT2D eigenvalue weighted by molar-refractivity contribution is 0.0941. The summed E-state index contributed by atoms with van der Waals surface area (Å²) < 4.78 is 4.87. The van der Waals surface area contributed by atoms with Gasteiger partial charge in [-0.2, -0.15) is 4.98 Å². The number of hydrogen-bond acceptors (Lipinski definition) is 7. The highest BCUT2D eigenvalue weighted by atomic mass is 16.5. The van der Waals surface area contributed by atoms with Crippen LogP contribution < -0.4 is 16.6 Å². The van der Waals surface area contributed by atoms with E-state index in [-0.39, 0.29) is 18.1 Å². The molecule has 2 rings (SSSR count). The van der Waals surface area contributed by atoms with Gasteiger partial charge in [0, 0.05) is 6.20 Å². The maximum atomic E-state index is 11.8. The van der Waals surface area contributed by atoms with E-state index in [1.807, 2.05) is 0 Å². The van der Waals surface area contributed by atoms with Gasteiger partial charge in [-0.25, -0.2) is 0 Å². The Hall–Kier alpha value is -2.48. The Balaban J connectivity index is 1.99. The Bertz CT molecular complexity index is 553. The lowest BCUT2D eigenvalue weighted by Crippen LogP contribution is -2.24. The molecule has 2 aromatic heterocycles. The molecule has 8 heteroatoms. The number of amides is 1. The fraction of sp³-hybridized carbons (Fsp3) is 0.200. The molecule has 0 bridgehead atoms. The Kier molecular flexibility index (Phi) is 3.49. The summed E-state index contributed by atoms with van der Waals surface area (Å²) in [5.74, 6) is 5.76. The first-order chi connectivity index (χ1) is 8.69. The van der Waals surface area contributed by atoms with Crippen molar-refractivity contribution in [3.8, 4) is 0 Å². The number of nitrogens with one attached hydrogen (secondary N) is 2. The summed E-state index contributed by atoms with van der Waals surface area (Å²) in [6.45, 7) is 1.86. The highest BCUT2D eigenvalue weighted by molar-refractivity contribution is 5.92. The van der Waals surface area contributed by atoms with Gasteiger partial charge in [0.1, 0.15) is 5.69 Å². The number of aromatic nitrogens is 3. The van der Waals surface area contributed by atoms with Gasteiger partial charge in [0.2, 0.25) is 5.89 Å². The second-order valence-corrected chi connectivity index (χ2v) is 3.49. The number of nitrogens with two attached hydrogens (primary N) is 1. The number of anilines is 1. The van der Waals surface area contributed by atoms with E-state index in [4.69, 9.17) is 10.4 Å². The minimum Gasteiger partial charge on any atom is -0.342 e. The molecule has 0 atom stereocenters. The first-order valence-corrected chi connectivity index (χ1v) is 5.19. The van der Waals surface area contributed by atoms with Gasteiger partial charge in [-0.3, -0.25) is 15.6 Å². The first-order valence-electron chi connectivity index (χ1n) is 5.19. The van der Waals surface area contributed by atoms with Crippen LogP contribution in [0.5, 0.6) is 0 Å². The van der Waals surface area contributed by atoms with Crippen molar-refractivity contribution in [2.45, 2.75) is 13.5 Å². The minimum atomic E-state index is -0.344. The number of hydrazine groups is 1. The number of hydrogen-bond donors (Lipinski definition) is 3. The number of nitrogens with zero attached hydrogens (tertiary/aromatic N) is 3. The average molecular weight is 248 g/mol. The first kappa shape index (κ1) is 12.0. The summed E-state index contributed by atoms with van der Waals surface area (Å²) in [4.78, 5) is 19.7. The molecule has 0 aliphatic rings. The van der Waals surface area contributed by atoms with Crippen LogP contribution in [-0.4, -0.2) is 21.0 Å². The molecule has 4 N–H and O–H groups in total. The molecule has 0 fully saturated rings. The van der Waals surface area contributed by atoms with Crippen molar-refractivity contribution in [2.24, 2.45) is 5.84 Å². The van der Waals surface area contributed by atoms with Crippen molar-refractivity contribution in [1.29, 1.82) is 0 Å². The van der Waals surface area contributed by atoms with E-state index in [2.05, 4.69) is 25.9 Å². The second-order valence-electron chi connectivity index (χ2n) is 3.49. The number of carbonyl (C=O) groups excluding carboxylic acids is 1. The molecule has 0 aliphatic heterocycles. The molecule has 2 heterocycles. The van der Waals surface area contributed by atoms with Crippen LogP contribution in [0.2, 0.25) is 0 Å². The monoisotopic (exact) mass is 248 g/mol. The quantitative estimate of drug-likeness (QED) is 0.514. The van der Waals surface area contributed by atoms with Crippen LogP contribution >= 0.6 is 0 Å². The van der Waals surface area contributed by atoms with Gasteiger partial charge >= 0.3 is 0 Å². The average Bonchev–Trinajstić information content (AvgIpc) is 2.82. The fourth-order valence-electron chi connectivity index (χ4n) is 1.30. The van der Waals surface area contributed by atoms with Crippen molar-refractivity contribution in [2.75, 3.05) is 5.43 Å². The highest BCUT2D eigenvalue weighted by Gasteiger charge is 2.09. The fourth-order valence-corrected chi connectivity index (χ4v) is 1.30. The molecule has 0 radical (unpaired) electrons. The molecule has 8 nitrogen and oxygen atoms in total. The van der Waals surface area contributed by atoms with Gasteiger partial charge in [0.15, 0.2) is 5.82 Å². The molecule has 0 spiro atoms. The maximum Gasteiger partial charge on any atom is 0.270 e. The number of carbonyl (C=O) groups is 1. The van der Waals surface area contributed by atoms with Gasteiger partial charge in [0.25, 0.3) is 5.91 Å². The smallest absolute Gasteiger partial charge is 0.270 e. The van der Waals surface area contributed by atoms with Gasteiger partial charge in [-0.05, 0) is 19.1 Å². The van der Waals surface area contributed by atoms with Crippen LogP contribution in [0.4, 0.5) is 5.69 Å². The SMILES string of the molecule is Cc1noc(CNC(=O)c2cc(NN)ccn2)n1. The predicted octanol–water partition coefficient (Wildman–Crippen LogP) is -0.0114. The molecule has 18 heavy (non-hydrogen) atoms. The molecule has 0 aromatic carbocycles. The zero-order valence-corrected chi connectivity index (χ0v) is 9.67. The van der Waals surface area contributed by atoms with Crippen molar-refractivity contribution in [3.05, 3.63) is 35.7 Å². The zero-order chi connectivity index (χ0) is 13.0. The van der Waals surface area contributed by atoms with E-state index in [0.29, 0.717) is 17.4 Å². The van der Waals surface area contributed by atoms with Crippen LogP contribution in [0.15, 0.2) is 22.9 Å². The van der Waals surface area contributed by atoms with Crippen molar-refractivity contribution >= 4 is 11.6 Å². The predicted molar refractivity (Wildman–Crippen MR) is 62.3 cm³/mol. The third-order valence-corrected chi connectivity index (χ3v) is 2.13. The van der Waals surface area contributed by atoms with Gasteiger partial charge in [0.05, 0.1) is 12.2 Å². The summed E-state index contributed by atoms with van der Waals surface area (Å²) in [6, 6.07) is 3.19. The second kappa shape index (κ2) is 5.23. The van der Waals surface area contributed by atoms with Crippen LogP contribution in [0.1, 0.15) is 22.2 Å². The number of nitrogen functional groups attached to an aromatic ring is 1. The lowest BCUT2D eigenvalue weighted by atomic mass is 10.3. The zero-order valence-electron chi connectivity index (χ0n) is 9.67. The lowest BCUT2D eigenvalue weighted by Gasteiger charge is -2.03. The van der Waals surface area contributed by atoms with E-state index in [1.54, 1.807) is 13.0 Å². The standard InChI is InChI=1S/C10H12N6O2/c1-6-14-9(18-16-6)5-13-10(17)8-4-7(15-11)2-3-12-8/h2-4H,5,11H2,1H3,(H,12,15)(H,13,17). The molecule has 1 amide bonds.